The molecule has 0 aromatic heterocycles. The number of rotatable bonds is 5. The molecule has 0 saturated carbocycles. The molecular formula is C13H17BrFNO2. The predicted octanol–water partition coefficient (Wildman–Crippen LogP) is 2.87. The second-order valence-electron chi connectivity index (χ2n) is 4.55. The minimum Gasteiger partial charge on any atom is -0.388 e. The smallest absolute Gasteiger partial charge is 0.252 e. The van der Waals surface area contributed by atoms with Crippen molar-refractivity contribution >= 4 is 21.8 Å². The van der Waals surface area contributed by atoms with Gasteiger partial charge in [-0.2, -0.15) is 0 Å². The lowest BCUT2D eigenvalue weighted by Crippen LogP contribution is -2.40. The lowest BCUT2D eigenvalue weighted by molar-refractivity contribution is 0.0469. The van der Waals surface area contributed by atoms with E-state index < -0.39 is 17.3 Å². The van der Waals surface area contributed by atoms with Crippen LogP contribution in [0.5, 0.6) is 0 Å². The molecule has 0 spiro atoms. The minimum absolute atomic E-state index is 0.141. The van der Waals surface area contributed by atoms with Crippen molar-refractivity contribution < 1.29 is 14.3 Å². The fourth-order valence-corrected chi connectivity index (χ4v) is 2.09. The Morgan fingerprint density at radius 2 is 2.22 bits per heavy atom. The van der Waals surface area contributed by atoms with E-state index in [1.807, 2.05) is 6.92 Å². The molecule has 18 heavy (non-hydrogen) atoms. The van der Waals surface area contributed by atoms with Gasteiger partial charge in [0.25, 0.3) is 5.91 Å². The number of halogens is 2. The summed E-state index contributed by atoms with van der Waals surface area (Å²) in [5.74, 6) is -0.874. The van der Waals surface area contributed by atoms with Gasteiger partial charge in [-0.05, 0) is 47.5 Å². The normalized spacial score (nSPS) is 14.1. The number of hydrogen-bond donors (Lipinski definition) is 2. The summed E-state index contributed by atoms with van der Waals surface area (Å²) in [4.78, 5) is 11.8. The van der Waals surface area contributed by atoms with Gasteiger partial charge in [0.15, 0.2) is 0 Å². The highest BCUT2D eigenvalue weighted by molar-refractivity contribution is 9.10. The van der Waals surface area contributed by atoms with Crippen molar-refractivity contribution in [2.24, 2.45) is 0 Å². The van der Waals surface area contributed by atoms with Crippen LogP contribution in [0, 0.1) is 5.82 Å². The third-order valence-electron chi connectivity index (χ3n) is 2.59. The third kappa shape index (κ3) is 4.38. The second kappa shape index (κ2) is 6.29. The van der Waals surface area contributed by atoms with E-state index in [-0.39, 0.29) is 12.1 Å². The highest BCUT2D eigenvalue weighted by atomic mass is 79.9. The monoisotopic (exact) mass is 317 g/mol. The van der Waals surface area contributed by atoms with Gasteiger partial charge in [0, 0.05) is 11.0 Å². The van der Waals surface area contributed by atoms with Gasteiger partial charge < -0.3 is 10.4 Å². The van der Waals surface area contributed by atoms with Crippen LogP contribution < -0.4 is 5.32 Å². The van der Waals surface area contributed by atoms with Crippen molar-refractivity contribution in [2.75, 3.05) is 6.54 Å². The average Bonchev–Trinajstić information content (AvgIpc) is 2.29. The molecule has 1 rings (SSSR count). The first-order chi connectivity index (χ1) is 8.35. The van der Waals surface area contributed by atoms with Crippen molar-refractivity contribution in [1.29, 1.82) is 0 Å². The van der Waals surface area contributed by atoms with Gasteiger partial charge in [-0.1, -0.05) is 13.3 Å². The molecule has 100 valence electrons. The van der Waals surface area contributed by atoms with Gasteiger partial charge in [0.2, 0.25) is 0 Å². The first kappa shape index (κ1) is 15.1. The van der Waals surface area contributed by atoms with Crippen molar-refractivity contribution in [3.63, 3.8) is 0 Å². The van der Waals surface area contributed by atoms with Crippen LogP contribution in [0.3, 0.4) is 0 Å². The topological polar surface area (TPSA) is 49.3 Å². The zero-order valence-electron chi connectivity index (χ0n) is 10.5. The molecule has 5 heteroatoms. The molecular weight excluding hydrogens is 301 g/mol. The highest BCUT2D eigenvalue weighted by Crippen LogP contribution is 2.18. The minimum atomic E-state index is -0.940. The number of carbonyl (C=O) groups excluding carboxylic acids is 1. The van der Waals surface area contributed by atoms with E-state index in [2.05, 4.69) is 21.2 Å². The largest absolute Gasteiger partial charge is 0.388 e. The van der Waals surface area contributed by atoms with Crippen LogP contribution in [-0.4, -0.2) is 23.2 Å². The molecule has 1 aromatic rings. The Morgan fingerprint density at radius 3 is 2.83 bits per heavy atom. The summed E-state index contributed by atoms with van der Waals surface area (Å²) >= 11 is 3.19. The van der Waals surface area contributed by atoms with Gasteiger partial charge in [0.05, 0.1) is 11.2 Å². The van der Waals surface area contributed by atoms with Crippen molar-refractivity contribution in [2.45, 2.75) is 32.3 Å². The predicted molar refractivity (Wildman–Crippen MR) is 72.0 cm³/mol. The maximum absolute atomic E-state index is 13.1. The molecule has 0 heterocycles. The summed E-state index contributed by atoms with van der Waals surface area (Å²) in [6.45, 7) is 3.76. The Balaban J connectivity index is 2.69. The highest BCUT2D eigenvalue weighted by Gasteiger charge is 2.21. The molecule has 1 atom stereocenters. The first-order valence-corrected chi connectivity index (χ1v) is 6.60. The SMILES string of the molecule is CCCC(C)(O)CNC(=O)c1cc(F)ccc1Br. The van der Waals surface area contributed by atoms with Crippen LogP contribution in [0.1, 0.15) is 37.0 Å². The number of carbonyl (C=O) groups is 1. The summed E-state index contributed by atoms with van der Waals surface area (Å²) in [5, 5.41) is 12.5. The van der Waals surface area contributed by atoms with Crippen molar-refractivity contribution in [3.8, 4) is 0 Å². The number of hydrogen-bond acceptors (Lipinski definition) is 2. The van der Waals surface area contributed by atoms with E-state index in [4.69, 9.17) is 0 Å². The van der Waals surface area contributed by atoms with E-state index in [1.54, 1.807) is 6.92 Å². The summed E-state index contributed by atoms with van der Waals surface area (Å²) in [5.41, 5.74) is -0.716. The number of aliphatic hydroxyl groups is 1. The average molecular weight is 318 g/mol. The Labute approximate surface area is 115 Å². The van der Waals surface area contributed by atoms with Crippen LogP contribution in [0.2, 0.25) is 0 Å². The Kier molecular flexibility index (Phi) is 5.28. The zero-order valence-corrected chi connectivity index (χ0v) is 12.1. The van der Waals surface area contributed by atoms with Crippen LogP contribution >= 0.6 is 15.9 Å². The Bertz CT molecular complexity index is 435. The molecule has 2 N–H and O–H groups in total. The zero-order chi connectivity index (χ0) is 13.8. The van der Waals surface area contributed by atoms with Gasteiger partial charge in [0.1, 0.15) is 5.82 Å². The van der Waals surface area contributed by atoms with Gasteiger partial charge >= 0.3 is 0 Å². The molecule has 0 aliphatic rings. The first-order valence-electron chi connectivity index (χ1n) is 5.81. The molecule has 0 fully saturated rings. The van der Waals surface area contributed by atoms with Gasteiger partial charge in [-0.3, -0.25) is 4.79 Å². The fraction of sp³-hybridized carbons (Fsp3) is 0.462. The van der Waals surface area contributed by atoms with Gasteiger partial charge in [-0.15, -0.1) is 0 Å². The third-order valence-corrected chi connectivity index (χ3v) is 3.28. The fourth-order valence-electron chi connectivity index (χ4n) is 1.66. The van der Waals surface area contributed by atoms with E-state index in [0.717, 1.165) is 12.5 Å². The molecule has 0 radical (unpaired) electrons. The van der Waals surface area contributed by atoms with Crippen LogP contribution in [-0.2, 0) is 0 Å². The standard InChI is InChI=1S/C13H17BrFNO2/c1-3-6-13(2,18)8-16-12(17)10-7-9(15)4-5-11(10)14/h4-5,7,18H,3,6,8H2,1-2H3,(H,16,17). The van der Waals surface area contributed by atoms with Crippen LogP contribution in [0.4, 0.5) is 4.39 Å². The maximum atomic E-state index is 13.1. The molecule has 1 aromatic carbocycles. The molecule has 1 unspecified atom stereocenters. The second-order valence-corrected chi connectivity index (χ2v) is 5.41. The summed E-state index contributed by atoms with van der Waals surface area (Å²) in [6, 6.07) is 3.91. The summed E-state index contributed by atoms with van der Waals surface area (Å²) < 4.78 is 13.6. The Morgan fingerprint density at radius 1 is 1.56 bits per heavy atom. The van der Waals surface area contributed by atoms with E-state index in [0.29, 0.717) is 10.9 Å². The lowest BCUT2D eigenvalue weighted by Gasteiger charge is -2.23. The maximum Gasteiger partial charge on any atom is 0.252 e. The van der Waals surface area contributed by atoms with Crippen LogP contribution in [0.25, 0.3) is 0 Å². The molecule has 0 aliphatic heterocycles. The summed E-state index contributed by atoms with van der Waals surface area (Å²) in [6.07, 6.45) is 1.42. The Hall–Kier alpha value is -0.940. The lowest BCUT2D eigenvalue weighted by atomic mass is 10.0. The number of amides is 1. The molecule has 0 aliphatic carbocycles. The van der Waals surface area contributed by atoms with E-state index in [9.17, 15) is 14.3 Å². The van der Waals surface area contributed by atoms with Crippen molar-refractivity contribution in [1.82, 2.24) is 5.32 Å². The van der Waals surface area contributed by atoms with E-state index >= 15 is 0 Å². The van der Waals surface area contributed by atoms with Crippen molar-refractivity contribution in [3.05, 3.63) is 34.1 Å². The molecule has 0 bridgehead atoms. The molecule has 0 saturated heterocycles. The number of nitrogens with one attached hydrogen (secondary N) is 1. The summed E-state index contributed by atoms with van der Waals surface area (Å²) in [7, 11) is 0. The molecule has 1 amide bonds. The number of benzene rings is 1. The quantitative estimate of drug-likeness (QED) is 0.877. The van der Waals surface area contributed by atoms with E-state index in [1.165, 1.54) is 12.1 Å². The van der Waals surface area contributed by atoms with Gasteiger partial charge in [-0.25, -0.2) is 4.39 Å². The molecule has 3 nitrogen and oxygen atoms in total. The van der Waals surface area contributed by atoms with Crippen LogP contribution in [0.15, 0.2) is 22.7 Å².